The predicted molar refractivity (Wildman–Crippen MR) is 76.6 cm³/mol. The van der Waals surface area contributed by atoms with Gasteiger partial charge in [0.25, 0.3) is 0 Å². The fourth-order valence-electron chi connectivity index (χ4n) is 2.27. The van der Waals surface area contributed by atoms with Crippen LogP contribution in [0.5, 0.6) is 0 Å². The average molecular weight is 252 g/mol. The Balaban J connectivity index is 2.09. The molecular weight excluding hydrogens is 224 g/mol. The van der Waals surface area contributed by atoms with Crippen LogP contribution < -0.4 is 5.32 Å². The summed E-state index contributed by atoms with van der Waals surface area (Å²) in [4.78, 5) is 13.6. The summed E-state index contributed by atoms with van der Waals surface area (Å²) < 4.78 is 0. The van der Waals surface area contributed by atoms with Crippen LogP contribution >= 0.6 is 0 Å². The van der Waals surface area contributed by atoms with Crippen LogP contribution in [-0.4, -0.2) is 36.5 Å². The van der Waals surface area contributed by atoms with Gasteiger partial charge in [-0.25, -0.2) is 0 Å². The smallest absolute Gasteiger partial charge is 0.222 e. The van der Waals surface area contributed by atoms with Gasteiger partial charge in [-0.1, -0.05) is 11.6 Å². The molecule has 0 unspecified atom stereocenters. The lowest BCUT2D eigenvalue weighted by molar-refractivity contribution is -0.133. The van der Waals surface area contributed by atoms with Crippen LogP contribution in [0.4, 0.5) is 0 Å². The van der Waals surface area contributed by atoms with E-state index in [9.17, 15) is 4.79 Å². The molecule has 1 aliphatic rings. The fourth-order valence-corrected chi connectivity index (χ4v) is 2.27. The Bertz CT molecular complexity index is 282. The first kappa shape index (κ1) is 15.2. The van der Waals surface area contributed by atoms with Crippen LogP contribution in [0.25, 0.3) is 0 Å². The summed E-state index contributed by atoms with van der Waals surface area (Å²) >= 11 is 0. The monoisotopic (exact) mass is 252 g/mol. The highest BCUT2D eigenvalue weighted by Gasteiger charge is 2.17. The first-order valence-corrected chi connectivity index (χ1v) is 7.24. The molecule has 1 heterocycles. The molecule has 104 valence electrons. The molecule has 1 fully saturated rings. The summed E-state index contributed by atoms with van der Waals surface area (Å²) in [5.74, 6) is 0.334. The minimum Gasteiger partial charge on any atom is -0.341 e. The number of amides is 1. The second kappa shape index (κ2) is 8.30. The molecule has 3 heteroatoms. The highest BCUT2D eigenvalue weighted by atomic mass is 16.2. The molecule has 0 radical (unpaired) electrons. The highest BCUT2D eigenvalue weighted by Crippen LogP contribution is 2.09. The molecule has 0 saturated carbocycles. The van der Waals surface area contributed by atoms with Crippen molar-refractivity contribution in [3.8, 4) is 0 Å². The summed E-state index contributed by atoms with van der Waals surface area (Å²) in [5.41, 5.74) is 1.39. The molecule has 0 aromatic carbocycles. The Labute approximate surface area is 112 Å². The Morgan fingerprint density at radius 3 is 2.89 bits per heavy atom. The van der Waals surface area contributed by atoms with Gasteiger partial charge in [0.15, 0.2) is 0 Å². The molecule has 1 saturated heterocycles. The van der Waals surface area contributed by atoms with Crippen molar-refractivity contribution in [3.05, 3.63) is 11.6 Å². The molecule has 0 spiro atoms. The van der Waals surface area contributed by atoms with E-state index in [1.165, 1.54) is 18.4 Å². The van der Waals surface area contributed by atoms with E-state index in [0.717, 1.165) is 38.9 Å². The minimum atomic E-state index is 0.334. The molecule has 1 amide bonds. The maximum absolute atomic E-state index is 11.6. The summed E-state index contributed by atoms with van der Waals surface area (Å²) in [5, 5.41) is 3.50. The van der Waals surface area contributed by atoms with Gasteiger partial charge >= 0.3 is 0 Å². The fraction of sp³-hybridized carbons (Fsp3) is 0.800. The second-order valence-corrected chi connectivity index (χ2v) is 5.55. The summed E-state index contributed by atoms with van der Waals surface area (Å²) in [6.45, 7) is 9.23. The summed E-state index contributed by atoms with van der Waals surface area (Å²) in [7, 11) is 0. The highest BCUT2D eigenvalue weighted by molar-refractivity contribution is 5.76. The molecular formula is C15H28N2O. The number of piperidine rings is 1. The van der Waals surface area contributed by atoms with Crippen LogP contribution in [0.2, 0.25) is 0 Å². The number of rotatable bonds is 7. The van der Waals surface area contributed by atoms with Crippen molar-refractivity contribution >= 4 is 5.91 Å². The Kier molecular flexibility index (Phi) is 7.02. The molecule has 1 rings (SSSR count). The second-order valence-electron chi connectivity index (χ2n) is 5.55. The van der Waals surface area contributed by atoms with Crippen LogP contribution in [0.3, 0.4) is 0 Å². The van der Waals surface area contributed by atoms with E-state index in [4.69, 9.17) is 0 Å². The van der Waals surface area contributed by atoms with Gasteiger partial charge in [-0.15, -0.1) is 0 Å². The van der Waals surface area contributed by atoms with E-state index in [1.807, 2.05) is 4.90 Å². The van der Waals surface area contributed by atoms with Gasteiger partial charge in [0.2, 0.25) is 5.91 Å². The number of hydrogen-bond donors (Lipinski definition) is 1. The van der Waals surface area contributed by atoms with Crippen molar-refractivity contribution in [1.29, 1.82) is 0 Å². The van der Waals surface area contributed by atoms with Crippen molar-refractivity contribution in [2.75, 3.05) is 19.6 Å². The number of nitrogens with one attached hydrogen (secondary N) is 1. The van der Waals surface area contributed by atoms with E-state index in [1.54, 1.807) is 0 Å². The first-order chi connectivity index (χ1) is 8.59. The maximum Gasteiger partial charge on any atom is 0.222 e. The molecule has 1 N–H and O–H groups in total. The number of carbonyl (C=O) groups is 1. The third-order valence-electron chi connectivity index (χ3n) is 3.45. The topological polar surface area (TPSA) is 32.3 Å². The number of allylic oxidation sites excluding steroid dienone is 2. The van der Waals surface area contributed by atoms with Gasteiger partial charge in [0, 0.05) is 32.1 Å². The Hall–Kier alpha value is -0.830. The molecule has 0 bridgehead atoms. The van der Waals surface area contributed by atoms with E-state index in [0.29, 0.717) is 11.9 Å². The van der Waals surface area contributed by atoms with Crippen molar-refractivity contribution < 1.29 is 4.79 Å². The molecule has 1 atom stereocenters. The minimum absolute atomic E-state index is 0.334. The largest absolute Gasteiger partial charge is 0.341 e. The standard InChI is InChI=1S/C15H28N2O/c1-13(2)7-6-8-14(3)16-10-12-17-11-5-4-9-15(17)18/h7,14,16H,4-6,8-12H2,1-3H3/t14-/m0/s1. The van der Waals surface area contributed by atoms with Gasteiger partial charge in [-0.05, 0) is 46.5 Å². The van der Waals surface area contributed by atoms with Gasteiger partial charge in [-0.2, -0.15) is 0 Å². The van der Waals surface area contributed by atoms with Crippen LogP contribution in [-0.2, 0) is 4.79 Å². The number of hydrogen-bond acceptors (Lipinski definition) is 2. The van der Waals surface area contributed by atoms with Crippen molar-refractivity contribution in [2.45, 2.75) is 58.9 Å². The zero-order valence-electron chi connectivity index (χ0n) is 12.2. The zero-order chi connectivity index (χ0) is 13.4. The molecule has 3 nitrogen and oxygen atoms in total. The first-order valence-electron chi connectivity index (χ1n) is 7.24. The molecule has 0 aromatic rings. The molecule has 18 heavy (non-hydrogen) atoms. The van der Waals surface area contributed by atoms with Gasteiger partial charge in [-0.3, -0.25) is 4.79 Å². The van der Waals surface area contributed by atoms with Gasteiger partial charge in [0.05, 0.1) is 0 Å². The summed E-state index contributed by atoms with van der Waals surface area (Å²) in [6, 6.07) is 0.528. The molecule has 1 aliphatic heterocycles. The molecule has 0 aromatic heterocycles. The van der Waals surface area contributed by atoms with Crippen LogP contribution in [0.15, 0.2) is 11.6 Å². The van der Waals surface area contributed by atoms with E-state index < -0.39 is 0 Å². The lowest BCUT2D eigenvalue weighted by Crippen LogP contribution is -2.41. The normalized spacial score (nSPS) is 17.7. The third-order valence-corrected chi connectivity index (χ3v) is 3.45. The van der Waals surface area contributed by atoms with Crippen molar-refractivity contribution in [3.63, 3.8) is 0 Å². The van der Waals surface area contributed by atoms with E-state index in [2.05, 4.69) is 32.2 Å². The lowest BCUT2D eigenvalue weighted by atomic mass is 10.1. The lowest BCUT2D eigenvalue weighted by Gasteiger charge is -2.27. The van der Waals surface area contributed by atoms with Crippen molar-refractivity contribution in [1.82, 2.24) is 10.2 Å². The molecule has 0 aliphatic carbocycles. The third kappa shape index (κ3) is 6.20. The number of nitrogens with zero attached hydrogens (tertiary/aromatic N) is 1. The van der Waals surface area contributed by atoms with Crippen LogP contribution in [0.1, 0.15) is 52.9 Å². The van der Waals surface area contributed by atoms with Crippen LogP contribution in [0, 0.1) is 0 Å². The average Bonchev–Trinajstić information content (AvgIpc) is 2.31. The van der Waals surface area contributed by atoms with E-state index in [-0.39, 0.29) is 0 Å². The Morgan fingerprint density at radius 1 is 1.44 bits per heavy atom. The summed E-state index contributed by atoms with van der Waals surface area (Å²) in [6.07, 6.45) is 7.57. The van der Waals surface area contributed by atoms with Gasteiger partial charge in [0.1, 0.15) is 0 Å². The number of likely N-dealkylation sites (tertiary alicyclic amines) is 1. The van der Waals surface area contributed by atoms with Gasteiger partial charge < -0.3 is 10.2 Å². The van der Waals surface area contributed by atoms with E-state index >= 15 is 0 Å². The maximum atomic E-state index is 11.6. The quantitative estimate of drug-likeness (QED) is 0.707. The predicted octanol–water partition coefficient (Wildman–Crippen LogP) is 2.72. The Morgan fingerprint density at radius 2 is 2.22 bits per heavy atom. The SMILES string of the molecule is CC(C)=CCC[C@H](C)NCCN1CCCCC1=O. The zero-order valence-corrected chi connectivity index (χ0v) is 12.2. The number of carbonyl (C=O) groups excluding carboxylic acids is 1. The van der Waals surface area contributed by atoms with Crippen molar-refractivity contribution in [2.24, 2.45) is 0 Å².